The molecule has 1 aromatic carbocycles. The number of carbonyl (C=O) groups is 1. The van der Waals surface area contributed by atoms with E-state index in [1.54, 1.807) is 35.4 Å². The van der Waals surface area contributed by atoms with Crippen LogP contribution in [0.4, 0.5) is 0 Å². The Balaban J connectivity index is 2.11. The maximum atomic E-state index is 11.0. The normalized spacial score (nSPS) is 12.0. The topological polar surface area (TPSA) is 73.6 Å². The van der Waals surface area contributed by atoms with Gasteiger partial charge in [-0.3, -0.25) is 4.79 Å². The van der Waals surface area contributed by atoms with E-state index < -0.39 is 5.97 Å². The van der Waals surface area contributed by atoms with Crippen LogP contribution in [0.3, 0.4) is 0 Å². The van der Waals surface area contributed by atoms with Gasteiger partial charge in [-0.15, -0.1) is 0 Å². The maximum Gasteiger partial charge on any atom is 0.305 e. The van der Waals surface area contributed by atoms with E-state index in [0.717, 1.165) is 5.56 Å². The number of aromatic nitrogens is 2. The molecule has 0 saturated heterocycles. The number of imidazole rings is 1. The number of aliphatic carboxylic acids is 1. The fourth-order valence-electron chi connectivity index (χ4n) is 1.99. The maximum absolute atomic E-state index is 11.0. The van der Waals surface area contributed by atoms with Gasteiger partial charge in [0, 0.05) is 19.0 Å². The zero-order chi connectivity index (χ0) is 15.1. The number of ether oxygens (including phenoxy) is 2. The average Bonchev–Trinajstić information content (AvgIpc) is 3.00. The number of hydrogen-bond acceptors (Lipinski definition) is 4. The van der Waals surface area contributed by atoms with Crippen LogP contribution in [0.25, 0.3) is 0 Å². The molecule has 0 bridgehead atoms. The second-order valence-electron chi connectivity index (χ2n) is 4.45. The highest BCUT2D eigenvalue weighted by atomic mass is 16.7. The molecule has 1 aromatic heterocycles. The van der Waals surface area contributed by atoms with Gasteiger partial charge in [0.1, 0.15) is 5.75 Å². The van der Waals surface area contributed by atoms with Crippen LogP contribution in [0.15, 0.2) is 43.0 Å². The predicted octanol–water partition coefficient (Wildman–Crippen LogP) is 2.32. The van der Waals surface area contributed by atoms with E-state index >= 15 is 0 Å². The van der Waals surface area contributed by atoms with Crippen molar-refractivity contribution in [1.29, 1.82) is 0 Å². The van der Waals surface area contributed by atoms with E-state index in [4.69, 9.17) is 14.6 Å². The zero-order valence-electron chi connectivity index (χ0n) is 11.8. The van der Waals surface area contributed by atoms with E-state index in [2.05, 4.69) is 4.98 Å². The first-order valence-corrected chi connectivity index (χ1v) is 6.70. The quantitative estimate of drug-likeness (QED) is 0.596. The molecule has 1 N–H and O–H groups in total. The second-order valence-corrected chi connectivity index (χ2v) is 4.45. The van der Waals surface area contributed by atoms with Crippen LogP contribution >= 0.6 is 0 Å². The highest BCUT2D eigenvalue weighted by molar-refractivity contribution is 5.68. The zero-order valence-corrected chi connectivity index (χ0v) is 11.8. The molecular weight excluding hydrogens is 272 g/mol. The molecule has 0 spiro atoms. The Morgan fingerprint density at radius 3 is 2.71 bits per heavy atom. The van der Waals surface area contributed by atoms with Crippen molar-refractivity contribution in [3.63, 3.8) is 0 Å². The molecule has 2 aromatic rings. The van der Waals surface area contributed by atoms with Crippen LogP contribution in [0, 0.1) is 0 Å². The molecule has 0 saturated carbocycles. The van der Waals surface area contributed by atoms with Crippen molar-refractivity contribution in [2.24, 2.45) is 0 Å². The summed E-state index contributed by atoms with van der Waals surface area (Å²) in [6, 6.07) is 7.04. The largest absolute Gasteiger partial charge is 0.481 e. The van der Waals surface area contributed by atoms with Gasteiger partial charge in [-0.1, -0.05) is 12.1 Å². The number of rotatable bonds is 8. The lowest BCUT2D eigenvalue weighted by atomic mass is 10.0. The summed E-state index contributed by atoms with van der Waals surface area (Å²) >= 11 is 0. The SMILES string of the molecule is CCOCOc1ccc(C(CC(=O)O)n2ccnc2)cc1. The summed E-state index contributed by atoms with van der Waals surface area (Å²) in [6.07, 6.45) is 5.00. The van der Waals surface area contributed by atoms with E-state index in [0.29, 0.717) is 12.4 Å². The van der Waals surface area contributed by atoms with Gasteiger partial charge >= 0.3 is 5.97 Å². The first-order chi connectivity index (χ1) is 10.2. The number of carboxylic acids is 1. The summed E-state index contributed by atoms with van der Waals surface area (Å²) < 4.78 is 12.3. The van der Waals surface area contributed by atoms with Gasteiger partial charge in [0.25, 0.3) is 0 Å². The van der Waals surface area contributed by atoms with Crippen LogP contribution in [-0.2, 0) is 9.53 Å². The van der Waals surface area contributed by atoms with Crippen LogP contribution in [0.2, 0.25) is 0 Å². The standard InChI is InChI=1S/C15H18N2O4/c1-2-20-11-21-13-5-3-12(4-6-13)14(9-15(18)19)17-8-7-16-10-17/h3-8,10,14H,2,9,11H2,1H3,(H,18,19). The summed E-state index contributed by atoms with van der Waals surface area (Å²) in [5, 5.41) is 9.07. The molecular formula is C15H18N2O4. The Morgan fingerprint density at radius 2 is 2.14 bits per heavy atom. The lowest BCUT2D eigenvalue weighted by molar-refractivity contribution is -0.137. The van der Waals surface area contributed by atoms with Gasteiger partial charge in [-0.25, -0.2) is 4.98 Å². The van der Waals surface area contributed by atoms with Crippen LogP contribution < -0.4 is 4.74 Å². The molecule has 0 aliphatic carbocycles. The highest BCUT2D eigenvalue weighted by Gasteiger charge is 2.17. The molecule has 6 heteroatoms. The first kappa shape index (κ1) is 15.1. The van der Waals surface area contributed by atoms with Gasteiger partial charge in [0.2, 0.25) is 0 Å². The molecule has 1 atom stereocenters. The Hall–Kier alpha value is -2.34. The third-order valence-corrected chi connectivity index (χ3v) is 3.03. The average molecular weight is 290 g/mol. The van der Waals surface area contributed by atoms with Crippen molar-refractivity contribution in [1.82, 2.24) is 9.55 Å². The van der Waals surface area contributed by atoms with Gasteiger partial charge < -0.3 is 19.1 Å². The van der Waals surface area contributed by atoms with Crippen LogP contribution in [0.1, 0.15) is 24.9 Å². The predicted molar refractivity (Wildman–Crippen MR) is 76.2 cm³/mol. The Labute approximate surface area is 122 Å². The molecule has 0 fully saturated rings. The smallest absolute Gasteiger partial charge is 0.305 e. The van der Waals surface area contributed by atoms with E-state index in [-0.39, 0.29) is 19.3 Å². The summed E-state index contributed by atoms with van der Waals surface area (Å²) in [6.45, 7) is 2.70. The van der Waals surface area contributed by atoms with E-state index in [1.165, 1.54) is 0 Å². The van der Waals surface area contributed by atoms with Gasteiger partial charge in [-0.2, -0.15) is 0 Å². The minimum Gasteiger partial charge on any atom is -0.481 e. The van der Waals surface area contributed by atoms with Crippen molar-refractivity contribution in [3.8, 4) is 5.75 Å². The van der Waals surface area contributed by atoms with Gasteiger partial charge in [0.05, 0.1) is 18.8 Å². The van der Waals surface area contributed by atoms with E-state index in [9.17, 15) is 4.79 Å². The molecule has 1 unspecified atom stereocenters. The lowest BCUT2D eigenvalue weighted by Crippen LogP contribution is -2.13. The van der Waals surface area contributed by atoms with E-state index in [1.807, 2.05) is 19.1 Å². The molecule has 0 aliphatic heterocycles. The molecule has 2 rings (SSSR count). The minimum absolute atomic E-state index is 0.00445. The Morgan fingerprint density at radius 1 is 1.38 bits per heavy atom. The molecule has 6 nitrogen and oxygen atoms in total. The second kappa shape index (κ2) is 7.44. The molecule has 0 aliphatic rings. The lowest BCUT2D eigenvalue weighted by Gasteiger charge is -2.17. The fraction of sp³-hybridized carbons (Fsp3) is 0.333. The Kier molecular flexibility index (Phi) is 5.34. The summed E-state index contributed by atoms with van der Waals surface area (Å²) in [5.74, 6) is -0.169. The van der Waals surface area contributed by atoms with Crippen molar-refractivity contribution in [2.75, 3.05) is 13.4 Å². The van der Waals surface area contributed by atoms with Crippen LogP contribution in [0.5, 0.6) is 5.75 Å². The third kappa shape index (κ3) is 4.32. The van der Waals surface area contributed by atoms with Crippen molar-refractivity contribution < 1.29 is 19.4 Å². The molecule has 112 valence electrons. The Bertz CT molecular complexity index is 552. The van der Waals surface area contributed by atoms with Crippen LogP contribution in [-0.4, -0.2) is 34.0 Å². The van der Waals surface area contributed by atoms with Crippen molar-refractivity contribution in [3.05, 3.63) is 48.5 Å². The summed E-state index contributed by atoms with van der Waals surface area (Å²) in [5.41, 5.74) is 0.888. The molecule has 0 radical (unpaired) electrons. The van der Waals surface area contributed by atoms with Gasteiger partial charge in [0.15, 0.2) is 6.79 Å². The third-order valence-electron chi connectivity index (χ3n) is 3.03. The summed E-state index contributed by atoms with van der Waals surface area (Å²) in [7, 11) is 0. The minimum atomic E-state index is -0.856. The number of hydrogen-bond donors (Lipinski definition) is 1. The highest BCUT2D eigenvalue weighted by Crippen LogP contribution is 2.24. The summed E-state index contributed by atoms with van der Waals surface area (Å²) in [4.78, 5) is 15.0. The number of benzene rings is 1. The van der Waals surface area contributed by atoms with Crippen molar-refractivity contribution in [2.45, 2.75) is 19.4 Å². The number of carboxylic acid groups (broad SMARTS) is 1. The van der Waals surface area contributed by atoms with Gasteiger partial charge in [-0.05, 0) is 24.6 Å². The molecule has 21 heavy (non-hydrogen) atoms. The molecule has 0 amide bonds. The monoisotopic (exact) mass is 290 g/mol. The number of nitrogens with zero attached hydrogens (tertiary/aromatic N) is 2. The molecule has 1 heterocycles. The first-order valence-electron chi connectivity index (χ1n) is 6.70. The fourth-order valence-corrected chi connectivity index (χ4v) is 1.99. The van der Waals surface area contributed by atoms with Crippen molar-refractivity contribution >= 4 is 5.97 Å².